The van der Waals surface area contributed by atoms with E-state index >= 15 is 0 Å². The molecule has 0 unspecified atom stereocenters. The summed E-state index contributed by atoms with van der Waals surface area (Å²) in [5, 5.41) is 1.52. The van der Waals surface area contributed by atoms with Crippen molar-refractivity contribution in [1.82, 2.24) is 10.4 Å². The largest absolute Gasteiger partial charge is 0.450 e. The van der Waals surface area contributed by atoms with Crippen LogP contribution in [0.5, 0.6) is 0 Å². The highest BCUT2D eigenvalue weighted by Gasteiger charge is 2.45. The maximum Gasteiger partial charge on any atom is 0.450 e. The van der Waals surface area contributed by atoms with Gasteiger partial charge < -0.3 is 5.73 Å². The van der Waals surface area contributed by atoms with Crippen molar-refractivity contribution in [3.8, 4) is 0 Å². The van der Waals surface area contributed by atoms with Gasteiger partial charge in [-0.05, 0) is 23.1 Å². The molecule has 0 amide bonds. The molecule has 1 aromatic carbocycles. The van der Waals surface area contributed by atoms with Gasteiger partial charge in [-0.25, -0.2) is 4.99 Å². The number of hydrogen-bond donors (Lipinski definition) is 2. The van der Waals surface area contributed by atoms with Crippen LogP contribution in [0.1, 0.15) is 26.3 Å². The summed E-state index contributed by atoms with van der Waals surface area (Å²) in [6.45, 7) is 6.12. The van der Waals surface area contributed by atoms with E-state index in [4.69, 9.17) is 5.73 Å². The first-order valence-corrected chi connectivity index (χ1v) is 7.76. The number of anilines is 1. The summed E-state index contributed by atoms with van der Waals surface area (Å²) in [6.07, 6.45) is -3.17. The van der Waals surface area contributed by atoms with Gasteiger partial charge in [0.1, 0.15) is 17.2 Å². The Morgan fingerprint density at radius 1 is 1.08 bits per heavy atom. The second-order valence-corrected chi connectivity index (χ2v) is 7.06. The molecule has 0 bridgehead atoms. The lowest BCUT2D eigenvalue weighted by atomic mass is 9.87. The Bertz CT molecular complexity index is 782. The van der Waals surface area contributed by atoms with E-state index < -0.39 is 12.0 Å². The van der Waals surface area contributed by atoms with Gasteiger partial charge in [-0.1, -0.05) is 32.9 Å². The second-order valence-electron chi connectivity index (χ2n) is 7.06. The van der Waals surface area contributed by atoms with Crippen LogP contribution in [0.3, 0.4) is 0 Å². The monoisotopic (exact) mass is 351 g/mol. The predicted molar refractivity (Wildman–Crippen MR) is 91.3 cm³/mol. The summed E-state index contributed by atoms with van der Waals surface area (Å²) in [6, 6.07) is 6.87. The zero-order valence-electron chi connectivity index (χ0n) is 14.4. The molecule has 0 aliphatic carbocycles. The molecule has 3 N–H and O–H groups in total. The van der Waals surface area contributed by atoms with Crippen LogP contribution in [-0.2, 0) is 5.41 Å². The first-order chi connectivity index (χ1) is 11.5. The van der Waals surface area contributed by atoms with E-state index in [9.17, 15) is 13.2 Å². The lowest BCUT2D eigenvalue weighted by Gasteiger charge is -2.32. The Labute approximate surface area is 144 Å². The number of hydrazine groups is 1. The van der Waals surface area contributed by atoms with Gasteiger partial charge in [-0.2, -0.15) is 13.2 Å². The van der Waals surface area contributed by atoms with Crippen molar-refractivity contribution in [3.05, 3.63) is 53.2 Å². The van der Waals surface area contributed by atoms with Gasteiger partial charge in [0.15, 0.2) is 0 Å². The highest BCUT2D eigenvalue weighted by atomic mass is 19.4. The third-order valence-corrected chi connectivity index (χ3v) is 4.04. The average Bonchev–Trinajstić information content (AvgIpc) is 2.86. The quantitative estimate of drug-likeness (QED) is 0.816. The van der Waals surface area contributed by atoms with E-state index in [2.05, 4.69) is 10.4 Å². The molecule has 3 rings (SSSR count). The Morgan fingerprint density at radius 3 is 2.20 bits per heavy atom. The molecule has 0 saturated heterocycles. The van der Waals surface area contributed by atoms with Crippen LogP contribution in [0.4, 0.5) is 18.9 Å². The molecule has 1 aromatic rings. The maximum atomic E-state index is 13.6. The molecule has 134 valence electrons. The zero-order valence-corrected chi connectivity index (χ0v) is 14.4. The minimum Gasteiger partial charge on any atom is -0.383 e. The summed E-state index contributed by atoms with van der Waals surface area (Å²) in [4.78, 5) is 4.72. The van der Waals surface area contributed by atoms with E-state index in [1.807, 2.05) is 20.8 Å². The van der Waals surface area contributed by atoms with Crippen LogP contribution < -0.4 is 16.1 Å². The number of nitrogens with two attached hydrogens (primary N) is 1. The van der Waals surface area contributed by atoms with Gasteiger partial charge in [-0.15, -0.1) is 0 Å². The average molecular weight is 351 g/mol. The Morgan fingerprint density at radius 2 is 1.68 bits per heavy atom. The van der Waals surface area contributed by atoms with Gasteiger partial charge in [0, 0.05) is 18.9 Å². The maximum absolute atomic E-state index is 13.6. The van der Waals surface area contributed by atoms with Crippen LogP contribution >= 0.6 is 0 Å². The lowest BCUT2D eigenvalue weighted by molar-refractivity contribution is -0.0601. The fraction of sp³-hybridized carbons (Fsp3) is 0.353. The van der Waals surface area contributed by atoms with Crippen LogP contribution in [0, 0.1) is 0 Å². The summed E-state index contributed by atoms with van der Waals surface area (Å²) < 4.78 is 40.7. The van der Waals surface area contributed by atoms with Gasteiger partial charge >= 0.3 is 6.18 Å². The standard InChI is InChI=1S/C17H20F3N5/c1-16(2,3)10-5-7-11(8-6-10)25-14(21)13-12(9-24(4)23-13)22-15(25)17(18,19)20/h5-9,23H,21H2,1-4H3. The van der Waals surface area contributed by atoms with Crippen LogP contribution in [0.2, 0.25) is 0 Å². The predicted octanol–water partition coefficient (Wildman–Crippen LogP) is 3.18. The van der Waals surface area contributed by atoms with Crippen LogP contribution in [0.25, 0.3) is 0 Å². The molecule has 0 fully saturated rings. The fourth-order valence-electron chi connectivity index (χ4n) is 2.74. The highest BCUT2D eigenvalue weighted by molar-refractivity contribution is 6.06. The topological polar surface area (TPSA) is 56.9 Å². The first kappa shape index (κ1) is 17.2. The molecule has 25 heavy (non-hydrogen) atoms. The molecule has 0 radical (unpaired) electrons. The molecule has 2 aliphatic heterocycles. The van der Waals surface area contributed by atoms with Crippen molar-refractivity contribution in [2.24, 2.45) is 10.7 Å². The number of alkyl halides is 3. The van der Waals surface area contributed by atoms with Crippen molar-refractivity contribution in [2.75, 3.05) is 11.9 Å². The summed E-state index contributed by atoms with van der Waals surface area (Å²) >= 11 is 0. The number of nitrogens with one attached hydrogen (secondary N) is 1. The number of fused-ring (bicyclic) bond motifs is 1. The lowest BCUT2D eigenvalue weighted by Crippen LogP contribution is -2.47. The number of halogens is 3. The van der Waals surface area contributed by atoms with Gasteiger partial charge in [0.05, 0.1) is 0 Å². The van der Waals surface area contributed by atoms with Crippen molar-refractivity contribution >= 4 is 11.5 Å². The molecule has 2 heterocycles. The second kappa shape index (κ2) is 5.44. The van der Waals surface area contributed by atoms with Crippen LogP contribution in [0.15, 0.2) is 52.7 Å². The number of nitrogens with zero attached hydrogens (tertiary/aromatic N) is 3. The molecular formula is C17H20F3N5. The molecule has 8 heteroatoms. The highest BCUT2D eigenvalue weighted by Crippen LogP contribution is 2.35. The van der Waals surface area contributed by atoms with E-state index in [1.54, 1.807) is 31.3 Å². The minimum absolute atomic E-state index is 0.0403. The Kier molecular flexibility index (Phi) is 3.74. The smallest absolute Gasteiger partial charge is 0.383 e. The summed E-state index contributed by atoms with van der Waals surface area (Å²) in [7, 11) is 1.66. The van der Waals surface area contributed by atoms with E-state index in [0.29, 0.717) is 11.4 Å². The third kappa shape index (κ3) is 3.04. The molecule has 2 aliphatic rings. The van der Waals surface area contributed by atoms with E-state index in [0.717, 1.165) is 10.5 Å². The van der Waals surface area contributed by atoms with E-state index in [1.165, 1.54) is 11.2 Å². The van der Waals surface area contributed by atoms with E-state index in [-0.39, 0.29) is 16.9 Å². The first-order valence-electron chi connectivity index (χ1n) is 7.76. The zero-order chi connectivity index (χ0) is 18.6. The Balaban J connectivity index is 2.09. The van der Waals surface area contributed by atoms with Crippen molar-refractivity contribution < 1.29 is 13.2 Å². The Hall–Kier alpha value is -2.64. The molecular weight excluding hydrogens is 331 g/mol. The minimum atomic E-state index is -4.64. The number of hydrogen-bond acceptors (Lipinski definition) is 5. The number of aliphatic imine (C=N–C) groups is 1. The van der Waals surface area contributed by atoms with Crippen molar-refractivity contribution in [3.63, 3.8) is 0 Å². The number of rotatable bonds is 1. The number of amidine groups is 1. The fourth-order valence-corrected chi connectivity index (χ4v) is 2.74. The van der Waals surface area contributed by atoms with Crippen molar-refractivity contribution in [1.29, 1.82) is 0 Å². The molecule has 5 nitrogen and oxygen atoms in total. The molecule has 0 atom stereocenters. The molecule has 0 aromatic heterocycles. The van der Waals surface area contributed by atoms with Gasteiger partial charge in [0.25, 0.3) is 0 Å². The van der Waals surface area contributed by atoms with Crippen LogP contribution in [-0.4, -0.2) is 24.1 Å². The molecule has 0 saturated carbocycles. The summed E-state index contributed by atoms with van der Waals surface area (Å²) in [5.41, 5.74) is 10.7. The van der Waals surface area contributed by atoms with Crippen molar-refractivity contribution in [2.45, 2.75) is 32.4 Å². The van der Waals surface area contributed by atoms with Gasteiger partial charge in [0.2, 0.25) is 5.84 Å². The van der Waals surface area contributed by atoms with Gasteiger partial charge in [-0.3, -0.25) is 15.3 Å². The SMILES string of the molecule is CN1C=C2N=C(C(F)(F)F)N(c3ccc(C(C)(C)C)cc3)C(N)=C2N1. The normalized spacial score (nSPS) is 18.0. The summed E-state index contributed by atoms with van der Waals surface area (Å²) in [5.74, 6) is -1.10. The third-order valence-electron chi connectivity index (χ3n) is 4.04. The molecule has 0 spiro atoms. The number of benzene rings is 1.